The Bertz CT molecular complexity index is 381. The van der Waals surface area contributed by atoms with Gasteiger partial charge in [0.25, 0.3) is 0 Å². The van der Waals surface area contributed by atoms with Crippen molar-refractivity contribution in [1.29, 1.82) is 10.5 Å². The number of benzene rings is 1. The Kier molecular flexibility index (Phi) is 4.19. The number of nitrogens with zero attached hydrogens (tertiary/aromatic N) is 2. The Morgan fingerprint density at radius 3 is 2.40 bits per heavy atom. The highest BCUT2D eigenvalue weighted by molar-refractivity contribution is 5.46. The summed E-state index contributed by atoms with van der Waals surface area (Å²) in [4.78, 5) is 0. The van der Waals surface area contributed by atoms with Gasteiger partial charge >= 0.3 is 0 Å². The minimum atomic E-state index is -0.146. The van der Waals surface area contributed by atoms with E-state index in [-0.39, 0.29) is 6.04 Å². The second-order valence-electron chi connectivity index (χ2n) is 3.27. The zero-order chi connectivity index (χ0) is 11.1. The van der Waals surface area contributed by atoms with Crippen molar-refractivity contribution in [2.75, 3.05) is 5.32 Å². The number of hydrogen-bond acceptors (Lipinski definition) is 3. The molecule has 1 unspecified atom stereocenters. The summed E-state index contributed by atoms with van der Waals surface area (Å²) in [7, 11) is 0. The highest BCUT2D eigenvalue weighted by atomic mass is 14.9. The van der Waals surface area contributed by atoms with E-state index in [0.717, 1.165) is 17.7 Å². The lowest BCUT2D eigenvalue weighted by Crippen LogP contribution is -2.15. The molecule has 3 nitrogen and oxygen atoms in total. The van der Waals surface area contributed by atoms with Crippen molar-refractivity contribution in [3.8, 4) is 12.1 Å². The van der Waals surface area contributed by atoms with Gasteiger partial charge in [-0.15, -0.1) is 0 Å². The van der Waals surface area contributed by atoms with Crippen molar-refractivity contribution in [3.05, 3.63) is 29.8 Å². The first kappa shape index (κ1) is 11.1. The first-order valence-corrected chi connectivity index (χ1v) is 4.92. The van der Waals surface area contributed by atoms with E-state index in [2.05, 4.69) is 17.5 Å². The number of hydrogen-bond donors (Lipinski definition) is 1. The van der Waals surface area contributed by atoms with Crippen LogP contribution in [-0.2, 0) is 6.42 Å². The summed E-state index contributed by atoms with van der Waals surface area (Å²) in [5.74, 6) is 0. The van der Waals surface area contributed by atoms with Crippen LogP contribution < -0.4 is 5.32 Å². The zero-order valence-corrected chi connectivity index (χ0v) is 8.70. The smallest absolute Gasteiger partial charge is 0.114 e. The van der Waals surface area contributed by atoms with Gasteiger partial charge in [-0.2, -0.15) is 10.5 Å². The maximum atomic E-state index is 8.77. The standard InChI is InChI=1S/C12H13N3/c1-2-11(9-14)15-12-5-3-10(4-6-12)7-8-13/h3-6,11,15H,2,7H2,1H3. The summed E-state index contributed by atoms with van der Waals surface area (Å²) in [5.41, 5.74) is 1.91. The van der Waals surface area contributed by atoms with Crippen LogP contribution in [0, 0.1) is 22.7 Å². The average molecular weight is 199 g/mol. The van der Waals surface area contributed by atoms with Gasteiger partial charge in [0.2, 0.25) is 0 Å². The molecule has 0 aliphatic carbocycles. The molecule has 0 saturated carbocycles. The lowest BCUT2D eigenvalue weighted by Gasteiger charge is -2.10. The highest BCUT2D eigenvalue weighted by Crippen LogP contribution is 2.11. The molecule has 0 radical (unpaired) electrons. The molecule has 76 valence electrons. The predicted molar refractivity (Wildman–Crippen MR) is 59.1 cm³/mol. The molecule has 0 fully saturated rings. The van der Waals surface area contributed by atoms with Crippen molar-refractivity contribution >= 4 is 5.69 Å². The number of nitrogens with one attached hydrogen (secondary N) is 1. The molecular formula is C12H13N3. The van der Waals surface area contributed by atoms with E-state index in [1.165, 1.54) is 0 Å². The van der Waals surface area contributed by atoms with Gasteiger partial charge in [0.15, 0.2) is 0 Å². The van der Waals surface area contributed by atoms with Crippen LogP contribution in [0.25, 0.3) is 0 Å². The summed E-state index contributed by atoms with van der Waals surface area (Å²) in [6, 6.07) is 11.7. The molecule has 1 atom stereocenters. The van der Waals surface area contributed by atoms with E-state index in [1.807, 2.05) is 31.2 Å². The van der Waals surface area contributed by atoms with Crippen molar-refractivity contribution in [2.45, 2.75) is 25.8 Å². The summed E-state index contributed by atoms with van der Waals surface area (Å²) >= 11 is 0. The number of anilines is 1. The van der Waals surface area contributed by atoms with Crippen LogP contribution in [0.3, 0.4) is 0 Å². The minimum absolute atomic E-state index is 0.146. The van der Waals surface area contributed by atoms with Gasteiger partial charge in [-0.25, -0.2) is 0 Å². The van der Waals surface area contributed by atoms with E-state index in [0.29, 0.717) is 6.42 Å². The van der Waals surface area contributed by atoms with Crippen LogP contribution in [0.1, 0.15) is 18.9 Å². The topological polar surface area (TPSA) is 59.6 Å². The largest absolute Gasteiger partial charge is 0.370 e. The second-order valence-corrected chi connectivity index (χ2v) is 3.27. The Balaban J connectivity index is 2.65. The van der Waals surface area contributed by atoms with E-state index >= 15 is 0 Å². The highest BCUT2D eigenvalue weighted by Gasteiger charge is 2.02. The molecule has 0 aliphatic rings. The van der Waals surface area contributed by atoms with Crippen LogP contribution in [0.2, 0.25) is 0 Å². The average Bonchev–Trinajstić information content (AvgIpc) is 2.28. The molecular weight excluding hydrogens is 186 g/mol. The first-order valence-electron chi connectivity index (χ1n) is 4.92. The van der Waals surface area contributed by atoms with E-state index in [4.69, 9.17) is 10.5 Å². The second kappa shape index (κ2) is 5.67. The lowest BCUT2D eigenvalue weighted by molar-refractivity contribution is 0.845. The third kappa shape index (κ3) is 3.32. The van der Waals surface area contributed by atoms with E-state index < -0.39 is 0 Å². The van der Waals surface area contributed by atoms with Crippen molar-refractivity contribution in [1.82, 2.24) is 0 Å². The van der Waals surface area contributed by atoms with Gasteiger partial charge in [-0.05, 0) is 24.1 Å². The Morgan fingerprint density at radius 1 is 1.27 bits per heavy atom. The summed E-state index contributed by atoms with van der Waals surface area (Å²) in [5, 5.41) is 20.4. The molecule has 0 saturated heterocycles. The fourth-order valence-electron chi connectivity index (χ4n) is 1.24. The molecule has 0 amide bonds. The zero-order valence-electron chi connectivity index (χ0n) is 8.70. The predicted octanol–water partition coefficient (Wildman–Crippen LogP) is 2.47. The van der Waals surface area contributed by atoms with Crippen LogP contribution in [-0.4, -0.2) is 6.04 Å². The molecule has 0 aromatic heterocycles. The van der Waals surface area contributed by atoms with Crippen LogP contribution in [0.4, 0.5) is 5.69 Å². The molecule has 1 rings (SSSR count). The molecule has 0 spiro atoms. The van der Waals surface area contributed by atoms with Gasteiger partial charge in [-0.1, -0.05) is 19.1 Å². The molecule has 0 bridgehead atoms. The summed E-state index contributed by atoms with van der Waals surface area (Å²) in [6.07, 6.45) is 1.20. The van der Waals surface area contributed by atoms with E-state index in [9.17, 15) is 0 Å². The van der Waals surface area contributed by atoms with Crippen LogP contribution in [0.15, 0.2) is 24.3 Å². The van der Waals surface area contributed by atoms with Crippen LogP contribution >= 0.6 is 0 Å². The normalized spacial score (nSPS) is 11.1. The summed E-state index contributed by atoms with van der Waals surface area (Å²) < 4.78 is 0. The van der Waals surface area contributed by atoms with Gasteiger partial charge in [0.1, 0.15) is 6.04 Å². The van der Waals surface area contributed by atoms with Crippen molar-refractivity contribution in [3.63, 3.8) is 0 Å². The van der Waals surface area contributed by atoms with Gasteiger partial charge in [0, 0.05) is 5.69 Å². The molecule has 3 heteroatoms. The quantitative estimate of drug-likeness (QED) is 0.810. The maximum absolute atomic E-state index is 8.77. The van der Waals surface area contributed by atoms with Gasteiger partial charge in [-0.3, -0.25) is 0 Å². The monoisotopic (exact) mass is 199 g/mol. The Morgan fingerprint density at radius 2 is 1.93 bits per heavy atom. The summed E-state index contributed by atoms with van der Waals surface area (Å²) in [6.45, 7) is 1.96. The Labute approximate surface area is 90.0 Å². The minimum Gasteiger partial charge on any atom is -0.370 e. The fraction of sp³-hybridized carbons (Fsp3) is 0.333. The number of rotatable bonds is 4. The van der Waals surface area contributed by atoms with Crippen molar-refractivity contribution in [2.24, 2.45) is 0 Å². The molecule has 1 aromatic carbocycles. The third-order valence-electron chi connectivity index (χ3n) is 2.14. The van der Waals surface area contributed by atoms with E-state index in [1.54, 1.807) is 0 Å². The first-order chi connectivity index (χ1) is 7.30. The maximum Gasteiger partial charge on any atom is 0.114 e. The molecule has 1 N–H and O–H groups in total. The van der Waals surface area contributed by atoms with Crippen molar-refractivity contribution < 1.29 is 0 Å². The lowest BCUT2D eigenvalue weighted by atomic mass is 10.1. The Hall–Kier alpha value is -2.00. The third-order valence-corrected chi connectivity index (χ3v) is 2.14. The molecule has 15 heavy (non-hydrogen) atoms. The molecule has 0 aliphatic heterocycles. The molecule has 0 heterocycles. The molecule has 1 aromatic rings. The SMILES string of the molecule is CCC(C#N)Nc1ccc(CC#N)cc1. The van der Waals surface area contributed by atoms with Gasteiger partial charge in [0.05, 0.1) is 18.6 Å². The van der Waals surface area contributed by atoms with Gasteiger partial charge < -0.3 is 5.32 Å². The fourth-order valence-corrected chi connectivity index (χ4v) is 1.24. The van der Waals surface area contributed by atoms with Crippen LogP contribution in [0.5, 0.6) is 0 Å². The number of nitriles is 2.